The molecule has 2 aromatic rings. The van der Waals surface area contributed by atoms with E-state index in [9.17, 15) is 0 Å². The van der Waals surface area contributed by atoms with Crippen LogP contribution in [0.25, 0.3) is 0 Å². The lowest BCUT2D eigenvalue weighted by Crippen LogP contribution is -2.21. The Hall–Kier alpha value is -1.81. The predicted octanol–water partition coefficient (Wildman–Crippen LogP) is 3.41. The zero-order chi connectivity index (χ0) is 15.2. The number of hydrogen-bond donors (Lipinski definition) is 1. The highest BCUT2D eigenvalue weighted by atomic mass is 16.5. The minimum Gasteiger partial charge on any atom is -0.489 e. The van der Waals surface area contributed by atoms with Gasteiger partial charge >= 0.3 is 0 Å². The summed E-state index contributed by atoms with van der Waals surface area (Å²) in [6.07, 6.45) is 2.21. The van der Waals surface area contributed by atoms with Gasteiger partial charge in [0.25, 0.3) is 0 Å². The van der Waals surface area contributed by atoms with Gasteiger partial charge in [-0.15, -0.1) is 0 Å². The smallest absolute Gasteiger partial charge is 0.140 e. The fourth-order valence-electron chi connectivity index (χ4n) is 2.14. The summed E-state index contributed by atoms with van der Waals surface area (Å²) < 4.78 is 10.9. The summed E-state index contributed by atoms with van der Waals surface area (Å²) in [5.41, 5.74) is 3.26. The van der Waals surface area contributed by atoms with E-state index < -0.39 is 0 Å². The molecular formula is C17H24N2O2. The second-order valence-corrected chi connectivity index (χ2v) is 5.46. The Morgan fingerprint density at radius 2 is 1.95 bits per heavy atom. The van der Waals surface area contributed by atoms with E-state index in [1.807, 2.05) is 33.0 Å². The van der Waals surface area contributed by atoms with Crippen LogP contribution in [-0.2, 0) is 13.0 Å². The molecule has 1 heterocycles. The number of aryl methyl sites for hydroxylation is 3. The molecule has 0 spiro atoms. The van der Waals surface area contributed by atoms with E-state index in [2.05, 4.69) is 29.5 Å². The molecule has 4 nitrogen and oxygen atoms in total. The molecule has 0 amide bonds. The van der Waals surface area contributed by atoms with Crippen LogP contribution in [0.15, 0.2) is 28.8 Å². The van der Waals surface area contributed by atoms with Gasteiger partial charge in [-0.3, -0.25) is 0 Å². The molecule has 114 valence electrons. The summed E-state index contributed by atoms with van der Waals surface area (Å²) in [6, 6.07) is 8.85. The first-order valence-electron chi connectivity index (χ1n) is 7.41. The van der Waals surface area contributed by atoms with Crippen molar-refractivity contribution in [2.45, 2.75) is 46.3 Å². The van der Waals surface area contributed by atoms with Crippen LogP contribution in [0.3, 0.4) is 0 Å². The topological polar surface area (TPSA) is 47.3 Å². The van der Waals surface area contributed by atoms with Crippen LogP contribution in [0.5, 0.6) is 5.75 Å². The second-order valence-electron chi connectivity index (χ2n) is 5.46. The van der Waals surface area contributed by atoms with Crippen molar-refractivity contribution in [1.29, 1.82) is 0 Å². The van der Waals surface area contributed by atoms with Crippen molar-refractivity contribution in [3.63, 3.8) is 0 Å². The van der Waals surface area contributed by atoms with Crippen molar-refractivity contribution in [2.75, 3.05) is 7.05 Å². The standard InChI is InChI=1S/C17H24N2O2/c1-12(18-4)5-6-15-7-9-16(10-8-15)20-11-17-13(2)19-21-14(17)3/h7-10,12,18H,5-6,11H2,1-4H3. The first kappa shape index (κ1) is 15.6. The zero-order valence-electron chi connectivity index (χ0n) is 13.3. The van der Waals surface area contributed by atoms with E-state index in [1.54, 1.807) is 0 Å². The normalized spacial score (nSPS) is 12.4. The third-order valence-electron chi connectivity index (χ3n) is 3.85. The summed E-state index contributed by atoms with van der Waals surface area (Å²) in [4.78, 5) is 0. The Morgan fingerprint density at radius 3 is 2.52 bits per heavy atom. The lowest BCUT2D eigenvalue weighted by molar-refractivity contribution is 0.301. The quantitative estimate of drug-likeness (QED) is 0.848. The number of benzene rings is 1. The minimum absolute atomic E-state index is 0.497. The third kappa shape index (κ3) is 4.33. The number of hydrogen-bond acceptors (Lipinski definition) is 4. The molecule has 4 heteroatoms. The maximum atomic E-state index is 5.80. The van der Waals surface area contributed by atoms with E-state index in [0.717, 1.165) is 35.6 Å². The summed E-state index contributed by atoms with van der Waals surface area (Å²) in [6.45, 7) is 6.53. The fraction of sp³-hybridized carbons (Fsp3) is 0.471. The average Bonchev–Trinajstić information content (AvgIpc) is 2.82. The Labute approximate surface area is 126 Å². The van der Waals surface area contributed by atoms with Gasteiger partial charge in [0, 0.05) is 6.04 Å². The van der Waals surface area contributed by atoms with Gasteiger partial charge in [0.15, 0.2) is 0 Å². The van der Waals surface area contributed by atoms with Crippen molar-refractivity contribution < 1.29 is 9.26 Å². The molecule has 1 unspecified atom stereocenters. The van der Waals surface area contributed by atoms with Gasteiger partial charge in [-0.2, -0.15) is 0 Å². The lowest BCUT2D eigenvalue weighted by atomic mass is 10.1. The molecule has 0 saturated carbocycles. The highest BCUT2D eigenvalue weighted by Crippen LogP contribution is 2.18. The van der Waals surface area contributed by atoms with Crippen molar-refractivity contribution in [2.24, 2.45) is 0 Å². The van der Waals surface area contributed by atoms with Crippen LogP contribution in [0, 0.1) is 13.8 Å². The Bertz CT molecular complexity index is 541. The van der Waals surface area contributed by atoms with Crippen LogP contribution in [0.4, 0.5) is 0 Å². The van der Waals surface area contributed by atoms with Gasteiger partial charge in [-0.05, 0) is 58.4 Å². The van der Waals surface area contributed by atoms with Crippen LogP contribution in [0.1, 0.15) is 35.9 Å². The summed E-state index contributed by atoms with van der Waals surface area (Å²) in [5, 5.41) is 7.18. The fourth-order valence-corrected chi connectivity index (χ4v) is 2.14. The van der Waals surface area contributed by atoms with E-state index in [0.29, 0.717) is 12.6 Å². The van der Waals surface area contributed by atoms with Crippen molar-refractivity contribution in [3.05, 3.63) is 46.8 Å². The molecule has 0 bridgehead atoms. The molecule has 0 saturated heterocycles. The van der Waals surface area contributed by atoms with Gasteiger partial charge in [-0.25, -0.2) is 0 Å². The number of ether oxygens (including phenoxy) is 1. The summed E-state index contributed by atoms with van der Waals surface area (Å²) in [7, 11) is 2.00. The second kappa shape index (κ2) is 7.27. The summed E-state index contributed by atoms with van der Waals surface area (Å²) in [5.74, 6) is 1.70. The molecule has 21 heavy (non-hydrogen) atoms. The van der Waals surface area contributed by atoms with Gasteiger partial charge in [0.2, 0.25) is 0 Å². The van der Waals surface area contributed by atoms with E-state index >= 15 is 0 Å². The van der Waals surface area contributed by atoms with Gasteiger partial charge in [-0.1, -0.05) is 17.3 Å². The number of aromatic nitrogens is 1. The minimum atomic E-state index is 0.497. The van der Waals surface area contributed by atoms with Crippen LogP contribution in [0.2, 0.25) is 0 Å². The zero-order valence-corrected chi connectivity index (χ0v) is 13.3. The van der Waals surface area contributed by atoms with E-state index in [1.165, 1.54) is 5.56 Å². The lowest BCUT2D eigenvalue weighted by Gasteiger charge is -2.10. The van der Waals surface area contributed by atoms with Crippen LogP contribution in [-0.4, -0.2) is 18.2 Å². The molecule has 0 fully saturated rings. The largest absolute Gasteiger partial charge is 0.489 e. The Balaban J connectivity index is 1.88. The monoisotopic (exact) mass is 288 g/mol. The van der Waals surface area contributed by atoms with E-state index in [-0.39, 0.29) is 0 Å². The maximum absolute atomic E-state index is 5.80. The molecule has 0 aliphatic carbocycles. The van der Waals surface area contributed by atoms with Gasteiger partial charge in [0.1, 0.15) is 18.1 Å². The molecule has 2 rings (SSSR count). The Morgan fingerprint density at radius 1 is 1.24 bits per heavy atom. The highest BCUT2D eigenvalue weighted by molar-refractivity contribution is 5.28. The first-order valence-corrected chi connectivity index (χ1v) is 7.41. The van der Waals surface area contributed by atoms with Gasteiger partial charge in [0.05, 0.1) is 11.3 Å². The summed E-state index contributed by atoms with van der Waals surface area (Å²) >= 11 is 0. The molecular weight excluding hydrogens is 264 g/mol. The first-order chi connectivity index (χ1) is 10.1. The average molecular weight is 288 g/mol. The molecule has 1 N–H and O–H groups in total. The SMILES string of the molecule is CNC(C)CCc1ccc(OCc2c(C)noc2C)cc1. The van der Waals surface area contributed by atoms with Crippen LogP contribution < -0.4 is 10.1 Å². The molecule has 0 aliphatic rings. The van der Waals surface area contributed by atoms with Crippen molar-refractivity contribution >= 4 is 0 Å². The predicted molar refractivity (Wildman–Crippen MR) is 83.6 cm³/mol. The maximum Gasteiger partial charge on any atom is 0.140 e. The number of nitrogens with one attached hydrogen (secondary N) is 1. The molecule has 0 radical (unpaired) electrons. The van der Waals surface area contributed by atoms with Crippen LogP contribution >= 0.6 is 0 Å². The molecule has 1 aromatic heterocycles. The Kier molecular flexibility index (Phi) is 5.39. The van der Waals surface area contributed by atoms with Crippen molar-refractivity contribution in [1.82, 2.24) is 10.5 Å². The molecule has 0 aliphatic heterocycles. The third-order valence-corrected chi connectivity index (χ3v) is 3.85. The molecule has 1 aromatic carbocycles. The number of nitrogens with zero attached hydrogens (tertiary/aromatic N) is 1. The number of rotatable bonds is 7. The van der Waals surface area contributed by atoms with Gasteiger partial charge < -0.3 is 14.6 Å². The highest BCUT2D eigenvalue weighted by Gasteiger charge is 2.09. The molecule has 1 atom stereocenters. The van der Waals surface area contributed by atoms with Crippen molar-refractivity contribution in [3.8, 4) is 5.75 Å². The van der Waals surface area contributed by atoms with E-state index in [4.69, 9.17) is 9.26 Å².